The number of carboxylic acids is 1. The summed E-state index contributed by atoms with van der Waals surface area (Å²) >= 11 is 5.57. The normalized spacial score (nSPS) is 10.3. The van der Waals surface area contributed by atoms with Crippen LogP contribution in [0.25, 0.3) is 0 Å². The third-order valence-corrected chi connectivity index (χ3v) is 3.03. The first-order chi connectivity index (χ1) is 8.58. The highest BCUT2D eigenvalue weighted by molar-refractivity contribution is 6.18. The lowest BCUT2D eigenvalue weighted by Gasteiger charge is -2.09. The van der Waals surface area contributed by atoms with Crippen molar-refractivity contribution in [2.75, 3.05) is 5.88 Å². The van der Waals surface area contributed by atoms with Crippen molar-refractivity contribution in [2.45, 2.75) is 32.6 Å². The molecule has 0 saturated carbocycles. The van der Waals surface area contributed by atoms with Gasteiger partial charge >= 0.3 is 5.97 Å². The number of ketones is 1. The number of carbonyl (C=O) groups excluding carboxylic acids is 1. The number of rotatable bonds is 7. The summed E-state index contributed by atoms with van der Waals surface area (Å²) in [6.45, 7) is 2.00. The van der Waals surface area contributed by atoms with Gasteiger partial charge in [0.15, 0.2) is 5.78 Å². The van der Waals surface area contributed by atoms with E-state index < -0.39 is 5.97 Å². The third kappa shape index (κ3) is 4.15. The molecule has 0 aliphatic rings. The van der Waals surface area contributed by atoms with Crippen LogP contribution in [0.2, 0.25) is 0 Å². The molecule has 0 aliphatic carbocycles. The molecular formula is C14H17ClO3. The molecule has 0 spiro atoms. The molecule has 0 amide bonds. The van der Waals surface area contributed by atoms with Gasteiger partial charge in [0.2, 0.25) is 0 Å². The summed E-state index contributed by atoms with van der Waals surface area (Å²) in [5, 5.41) is 8.84. The molecule has 0 fully saturated rings. The van der Waals surface area contributed by atoms with E-state index in [1.165, 1.54) is 0 Å². The topological polar surface area (TPSA) is 54.4 Å². The summed E-state index contributed by atoms with van der Waals surface area (Å²) in [4.78, 5) is 22.8. The van der Waals surface area contributed by atoms with Crippen molar-refractivity contribution in [2.24, 2.45) is 0 Å². The molecule has 0 unspecified atom stereocenters. The van der Waals surface area contributed by atoms with E-state index in [0.29, 0.717) is 29.8 Å². The Balaban J connectivity index is 3.02. The van der Waals surface area contributed by atoms with Gasteiger partial charge in [0, 0.05) is 17.9 Å². The first-order valence-corrected chi connectivity index (χ1v) is 6.54. The minimum absolute atomic E-state index is 0.0257. The number of aryl methyl sites for hydroxylation is 1. The van der Waals surface area contributed by atoms with E-state index >= 15 is 0 Å². The predicted octanol–water partition coefficient (Wildman–Crippen LogP) is 3.08. The van der Waals surface area contributed by atoms with Crippen LogP contribution in [-0.4, -0.2) is 22.7 Å². The zero-order chi connectivity index (χ0) is 13.5. The molecule has 3 nitrogen and oxygen atoms in total. The van der Waals surface area contributed by atoms with E-state index in [1.807, 2.05) is 13.0 Å². The zero-order valence-electron chi connectivity index (χ0n) is 10.4. The van der Waals surface area contributed by atoms with Gasteiger partial charge in [-0.2, -0.15) is 0 Å². The highest BCUT2D eigenvalue weighted by Gasteiger charge is 2.14. The van der Waals surface area contributed by atoms with E-state index in [1.54, 1.807) is 12.1 Å². The Morgan fingerprint density at radius 2 is 2.06 bits per heavy atom. The van der Waals surface area contributed by atoms with Gasteiger partial charge in [0.1, 0.15) is 0 Å². The Morgan fingerprint density at radius 3 is 2.61 bits per heavy atom. The Labute approximate surface area is 112 Å². The smallest absolute Gasteiger partial charge is 0.307 e. The summed E-state index contributed by atoms with van der Waals surface area (Å²) in [5.74, 6) is -0.513. The van der Waals surface area contributed by atoms with Crippen molar-refractivity contribution in [1.82, 2.24) is 0 Å². The monoisotopic (exact) mass is 268 g/mol. The Bertz CT molecular complexity index is 441. The van der Waals surface area contributed by atoms with Crippen molar-refractivity contribution in [3.05, 3.63) is 34.9 Å². The number of halogens is 1. The van der Waals surface area contributed by atoms with Gasteiger partial charge in [-0.3, -0.25) is 9.59 Å². The average molecular weight is 269 g/mol. The molecule has 0 bridgehead atoms. The number of hydrogen-bond acceptors (Lipinski definition) is 2. The quantitative estimate of drug-likeness (QED) is 0.611. The predicted molar refractivity (Wildman–Crippen MR) is 71.4 cm³/mol. The second kappa shape index (κ2) is 7.17. The minimum Gasteiger partial charge on any atom is -0.481 e. The molecule has 0 saturated heterocycles. The fourth-order valence-corrected chi connectivity index (χ4v) is 1.92. The fraction of sp³-hybridized carbons (Fsp3) is 0.429. The lowest BCUT2D eigenvalue weighted by molar-refractivity contribution is -0.136. The van der Waals surface area contributed by atoms with Crippen molar-refractivity contribution in [1.29, 1.82) is 0 Å². The van der Waals surface area contributed by atoms with Crippen LogP contribution in [0.5, 0.6) is 0 Å². The van der Waals surface area contributed by atoms with Gasteiger partial charge in [0.25, 0.3) is 0 Å². The summed E-state index contributed by atoms with van der Waals surface area (Å²) in [6.07, 6.45) is 1.68. The van der Waals surface area contributed by atoms with Gasteiger partial charge < -0.3 is 5.11 Å². The number of carboxylic acid groups (broad SMARTS) is 1. The van der Waals surface area contributed by atoms with Crippen molar-refractivity contribution in [3.8, 4) is 0 Å². The third-order valence-electron chi connectivity index (χ3n) is 2.76. The molecule has 1 rings (SSSR count). The molecule has 0 aromatic heterocycles. The van der Waals surface area contributed by atoms with Gasteiger partial charge in [-0.1, -0.05) is 19.1 Å². The van der Waals surface area contributed by atoms with Gasteiger partial charge in [-0.25, -0.2) is 0 Å². The Hall–Kier alpha value is -1.35. The largest absolute Gasteiger partial charge is 0.481 e. The lowest BCUT2D eigenvalue weighted by atomic mass is 9.95. The van der Waals surface area contributed by atoms with Crippen molar-refractivity contribution >= 4 is 23.4 Å². The van der Waals surface area contributed by atoms with Crippen LogP contribution in [0, 0.1) is 0 Å². The van der Waals surface area contributed by atoms with Crippen LogP contribution in [0.3, 0.4) is 0 Å². The molecule has 1 N–H and O–H groups in total. The minimum atomic E-state index is -0.925. The highest BCUT2D eigenvalue weighted by atomic mass is 35.5. The molecule has 4 heteroatoms. The van der Waals surface area contributed by atoms with Crippen LogP contribution in [-0.2, 0) is 17.6 Å². The van der Waals surface area contributed by atoms with Crippen LogP contribution in [0.4, 0.5) is 0 Å². The second-order valence-corrected chi connectivity index (χ2v) is 4.51. The Morgan fingerprint density at radius 1 is 1.33 bits per heavy atom. The molecule has 0 radical (unpaired) electrons. The van der Waals surface area contributed by atoms with Gasteiger partial charge in [-0.05, 0) is 30.0 Å². The van der Waals surface area contributed by atoms with Gasteiger partial charge in [0.05, 0.1) is 6.42 Å². The maximum absolute atomic E-state index is 12.0. The number of carbonyl (C=O) groups is 2. The summed E-state index contributed by atoms with van der Waals surface area (Å²) in [5.41, 5.74) is 2.15. The van der Waals surface area contributed by atoms with Gasteiger partial charge in [-0.15, -0.1) is 11.6 Å². The SMILES string of the molecule is CCc1ccc(CC(=O)O)c(C(=O)CCCCl)c1. The number of Topliss-reactive ketones (excluding diaryl/α,β-unsaturated/α-hetero) is 1. The maximum atomic E-state index is 12.0. The molecular weight excluding hydrogens is 252 g/mol. The number of hydrogen-bond donors (Lipinski definition) is 1. The van der Waals surface area contributed by atoms with E-state index in [2.05, 4.69) is 0 Å². The molecule has 98 valence electrons. The van der Waals surface area contributed by atoms with E-state index in [0.717, 1.165) is 12.0 Å². The number of benzene rings is 1. The standard InChI is InChI=1S/C14H17ClO3/c1-2-10-5-6-11(9-14(17)18)12(8-10)13(16)4-3-7-15/h5-6,8H,2-4,7,9H2,1H3,(H,17,18). The molecule has 0 atom stereocenters. The molecule has 18 heavy (non-hydrogen) atoms. The fourth-order valence-electron chi connectivity index (χ4n) is 1.78. The number of alkyl halides is 1. The molecule has 1 aromatic carbocycles. The highest BCUT2D eigenvalue weighted by Crippen LogP contribution is 2.17. The van der Waals surface area contributed by atoms with Crippen LogP contribution < -0.4 is 0 Å². The Kier molecular flexibility index (Phi) is 5.86. The molecule has 0 aliphatic heterocycles. The molecule has 1 aromatic rings. The van der Waals surface area contributed by atoms with Crippen LogP contribution >= 0.6 is 11.6 Å². The first kappa shape index (κ1) is 14.7. The summed E-state index contributed by atoms with van der Waals surface area (Å²) in [7, 11) is 0. The van der Waals surface area contributed by atoms with E-state index in [-0.39, 0.29) is 12.2 Å². The number of aliphatic carboxylic acids is 1. The second-order valence-electron chi connectivity index (χ2n) is 4.13. The maximum Gasteiger partial charge on any atom is 0.307 e. The van der Waals surface area contributed by atoms with E-state index in [9.17, 15) is 9.59 Å². The molecule has 0 heterocycles. The first-order valence-electron chi connectivity index (χ1n) is 6.01. The van der Waals surface area contributed by atoms with Crippen molar-refractivity contribution in [3.63, 3.8) is 0 Å². The van der Waals surface area contributed by atoms with Crippen LogP contribution in [0.1, 0.15) is 41.3 Å². The zero-order valence-corrected chi connectivity index (χ0v) is 11.2. The summed E-state index contributed by atoms with van der Waals surface area (Å²) in [6, 6.07) is 5.41. The lowest BCUT2D eigenvalue weighted by Crippen LogP contribution is -2.09. The van der Waals surface area contributed by atoms with Crippen LogP contribution in [0.15, 0.2) is 18.2 Å². The van der Waals surface area contributed by atoms with Crippen molar-refractivity contribution < 1.29 is 14.7 Å². The van der Waals surface area contributed by atoms with E-state index in [4.69, 9.17) is 16.7 Å². The summed E-state index contributed by atoms with van der Waals surface area (Å²) < 4.78 is 0. The average Bonchev–Trinajstić information content (AvgIpc) is 2.35.